The second-order valence-electron chi connectivity index (χ2n) is 11.7. The van der Waals surface area contributed by atoms with Crippen molar-refractivity contribution in [2.24, 2.45) is 0 Å². The van der Waals surface area contributed by atoms with Crippen LogP contribution >= 0.6 is 0 Å². The molecule has 0 aromatic carbocycles. The molecule has 4 nitrogen and oxygen atoms in total. The molecule has 4 heteroatoms. The first-order valence-electron chi connectivity index (χ1n) is 17.5. The fourth-order valence-corrected chi connectivity index (χ4v) is 4.95. The number of carboxylic acids is 1. The lowest BCUT2D eigenvalue weighted by atomic mass is 10.1. The molecule has 0 aromatic heterocycles. The van der Waals surface area contributed by atoms with Crippen LogP contribution in [-0.2, 0) is 14.3 Å². The van der Waals surface area contributed by atoms with Crippen LogP contribution in [0.5, 0.6) is 0 Å². The number of esters is 1. The number of aliphatic carboxylic acids is 1. The number of carboxylic acid groups (broad SMARTS) is 1. The highest BCUT2D eigenvalue weighted by Crippen LogP contribution is 2.14. The average Bonchev–Trinajstić information content (AvgIpc) is 2.95. The summed E-state index contributed by atoms with van der Waals surface area (Å²) < 4.78 is 5.83. The van der Waals surface area contributed by atoms with E-state index in [4.69, 9.17) is 9.84 Å². The van der Waals surface area contributed by atoms with Gasteiger partial charge in [-0.2, -0.15) is 0 Å². The third-order valence-electron chi connectivity index (χ3n) is 7.57. The Bertz CT molecular complexity index is 664. The highest BCUT2D eigenvalue weighted by Gasteiger charge is 2.11. The SMILES string of the molecule is CCCCCC/C=C\C/C=C\C(CCCCCCC(=O)O)OC(=O)CCCCCCC/C=C\CCCCCCCC. The summed E-state index contributed by atoms with van der Waals surface area (Å²) in [4.78, 5) is 23.2. The molecule has 0 radical (unpaired) electrons. The average molecular weight is 575 g/mol. The van der Waals surface area contributed by atoms with Crippen LogP contribution in [0.25, 0.3) is 0 Å². The maximum Gasteiger partial charge on any atom is 0.306 e. The molecule has 0 saturated heterocycles. The standard InChI is InChI=1S/C37H66O4/c1-3-5-7-9-11-13-14-15-16-17-18-20-22-24-30-34-37(40)41-35(32-28-25-26-29-33-36(38)39)31-27-23-21-19-12-10-8-6-4-2/h15-16,19,21,27,31,35H,3-14,17-18,20,22-26,28-30,32-34H2,1-2H3,(H,38,39)/b16-15-,21-19-,31-27-. The van der Waals surface area contributed by atoms with Crippen LogP contribution in [0, 0.1) is 0 Å². The van der Waals surface area contributed by atoms with Gasteiger partial charge in [-0.1, -0.05) is 128 Å². The van der Waals surface area contributed by atoms with E-state index in [1.807, 2.05) is 0 Å². The first-order chi connectivity index (χ1) is 20.1. The largest absolute Gasteiger partial charge is 0.481 e. The van der Waals surface area contributed by atoms with Gasteiger partial charge in [-0.05, 0) is 76.7 Å². The summed E-state index contributed by atoms with van der Waals surface area (Å²) in [6, 6.07) is 0. The second kappa shape index (κ2) is 32.7. The van der Waals surface area contributed by atoms with Crippen molar-refractivity contribution < 1.29 is 19.4 Å². The van der Waals surface area contributed by atoms with Crippen LogP contribution < -0.4 is 0 Å². The fourth-order valence-electron chi connectivity index (χ4n) is 4.95. The Morgan fingerprint density at radius 1 is 0.561 bits per heavy atom. The van der Waals surface area contributed by atoms with Gasteiger partial charge in [0.05, 0.1) is 0 Å². The summed E-state index contributed by atoms with van der Waals surface area (Å²) in [5.41, 5.74) is 0. The molecule has 0 fully saturated rings. The van der Waals surface area contributed by atoms with Gasteiger partial charge in [0, 0.05) is 12.8 Å². The summed E-state index contributed by atoms with van der Waals surface area (Å²) in [7, 11) is 0. The summed E-state index contributed by atoms with van der Waals surface area (Å²) in [5, 5.41) is 8.80. The van der Waals surface area contributed by atoms with Gasteiger partial charge in [0.1, 0.15) is 6.10 Å². The van der Waals surface area contributed by atoms with E-state index in [9.17, 15) is 9.59 Å². The normalized spacial score (nSPS) is 12.6. The lowest BCUT2D eigenvalue weighted by Gasteiger charge is -2.14. The molecule has 1 atom stereocenters. The minimum Gasteiger partial charge on any atom is -0.481 e. The number of carbonyl (C=O) groups excluding carboxylic acids is 1. The molecular weight excluding hydrogens is 508 g/mol. The third-order valence-corrected chi connectivity index (χ3v) is 7.57. The Morgan fingerprint density at radius 3 is 1.61 bits per heavy atom. The minimum atomic E-state index is -0.728. The highest BCUT2D eigenvalue weighted by atomic mass is 16.5. The molecule has 0 bridgehead atoms. The third kappa shape index (κ3) is 32.5. The fraction of sp³-hybridized carbons (Fsp3) is 0.784. The lowest BCUT2D eigenvalue weighted by molar-refractivity contribution is -0.147. The van der Waals surface area contributed by atoms with Crippen LogP contribution in [0.15, 0.2) is 36.5 Å². The van der Waals surface area contributed by atoms with E-state index in [-0.39, 0.29) is 18.5 Å². The van der Waals surface area contributed by atoms with Crippen molar-refractivity contribution >= 4 is 11.9 Å². The van der Waals surface area contributed by atoms with Crippen molar-refractivity contribution in [1.29, 1.82) is 0 Å². The highest BCUT2D eigenvalue weighted by molar-refractivity contribution is 5.69. The zero-order valence-corrected chi connectivity index (χ0v) is 27.1. The van der Waals surface area contributed by atoms with Crippen LogP contribution in [0.4, 0.5) is 0 Å². The molecule has 41 heavy (non-hydrogen) atoms. The summed E-state index contributed by atoms with van der Waals surface area (Å²) in [6.07, 6.45) is 41.6. The molecule has 0 aromatic rings. The van der Waals surface area contributed by atoms with E-state index < -0.39 is 5.97 Å². The molecule has 0 aliphatic carbocycles. The number of hydrogen-bond donors (Lipinski definition) is 1. The Hall–Kier alpha value is -1.84. The number of hydrogen-bond acceptors (Lipinski definition) is 3. The maximum atomic E-state index is 12.5. The van der Waals surface area contributed by atoms with E-state index in [2.05, 4.69) is 50.3 Å². The van der Waals surface area contributed by atoms with Crippen molar-refractivity contribution in [1.82, 2.24) is 0 Å². The van der Waals surface area contributed by atoms with Crippen LogP contribution in [0.1, 0.15) is 181 Å². The van der Waals surface area contributed by atoms with Crippen LogP contribution in [0.2, 0.25) is 0 Å². The van der Waals surface area contributed by atoms with E-state index >= 15 is 0 Å². The van der Waals surface area contributed by atoms with E-state index in [0.29, 0.717) is 12.8 Å². The van der Waals surface area contributed by atoms with Gasteiger partial charge >= 0.3 is 11.9 Å². The number of unbranched alkanes of at least 4 members (excludes halogenated alkanes) is 18. The number of rotatable bonds is 31. The molecule has 0 amide bonds. The zero-order chi connectivity index (χ0) is 30.1. The van der Waals surface area contributed by atoms with Gasteiger partial charge in [-0.25, -0.2) is 0 Å². The van der Waals surface area contributed by atoms with Crippen LogP contribution in [0.3, 0.4) is 0 Å². The van der Waals surface area contributed by atoms with Gasteiger partial charge in [0.15, 0.2) is 0 Å². The first-order valence-corrected chi connectivity index (χ1v) is 17.5. The maximum absolute atomic E-state index is 12.5. The van der Waals surface area contributed by atoms with Gasteiger partial charge in [-0.15, -0.1) is 0 Å². The number of allylic oxidation sites excluding steroid dienone is 5. The van der Waals surface area contributed by atoms with Crippen molar-refractivity contribution in [2.45, 2.75) is 187 Å². The minimum absolute atomic E-state index is 0.0883. The quantitative estimate of drug-likeness (QED) is 0.0508. The molecule has 0 spiro atoms. The number of carbonyl (C=O) groups is 2. The molecule has 0 heterocycles. The molecule has 238 valence electrons. The zero-order valence-electron chi connectivity index (χ0n) is 27.1. The predicted octanol–water partition coefficient (Wildman–Crippen LogP) is 11.8. The number of ether oxygens (including phenoxy) is 1. The lowest BCUT2D eigenvalue weighted by Crippen LogP contribution is -2.16. The van der Waals surface area contributed by atoms with Crippen LogP contribution in [-0.4, -0.2) is 23.1 Å². The van der Waals surface area contributed by atoms with Gasteiger partial charge in [-0.3, -0.25) is 9.59 Å². The van der Waals surface area contributed by atoms with Crippen molar-refractivity contribution in [3.63, 3.8) is 0 Å². The molecule has 0 aliphatic rings. The van der Waals surface area contributed by atoms with Crippen molar-refractivity contribution in [2.75, 3.05) is 0 Å². The molecule has 1 unspecified atom stereocenters. The molecule has 0 saturated carbocycles. The Morgan fingerprint density at radius 2 is 1.02 bits per heavy atom. The second-order valence-corrected chi connectivity index (χ2v) is 11.7. The Kier molecular flexibility index (Phi) is 31.2. The summed E-state index contributed by atoms with van der Waals surface area (Å²) in [5.74, 6) is -0.816. The molecule has 0 aliphatic heterocycles. The van der Waals surface area contributed by atoms with Crippen molar-refractivity contribution in [3.05, 3.63) is 36.5 Å². The van der Waals surface area contributed by atoms with Crippen molar-refractivity contribution in [3.8, 4) is 0 Å². The topological polar surface area (TPSA) is 63.6 Å². The Balaban J connectivity index is 4.09. The molecule has 1 N–H and O–H groups in total. The monoisotopic (exact) mass is 574 g/mol. The van der Waals surface area contributed by atoms with E-state index in [1.165, 1.54) is 96.3 Å². The molecule has 0 rings (SSSR count). The Labute approximate surface area is 254 Å². The van der Waals surface area contributed by atoms with Gasteiger partial charge in [0.25, 0.3) is 0 Å². The molecular formula is C37H66O4. The first kappa shape index (κ1) is 39.2. The van der Waals surface area contributed by atoms with E-state index in [0.717, 1.165) is 51.4 Å². The summed E-state index contributed by atoms with van der Waals surface area (Å²) >= 11 is 0. The predicted molar refractivity (Wildman–Crippen MR) is 176 cm³/mol. The van der Waals surface area contributed by atoms with E-state index in [1.54, 1.807) is 0 Å². The van der Waals surface area contributed by atoms with Gasteiger partial charge < -0.3 is 9.84 Å². The smallest absolute Gasteiger partial charge is 0.306 e. The van der Waals surface area contributed by atoms with Gasteiger partial charge in [0.2, 0.25) is 0 Å². The summed E-state index contributed by atoms with van der Waals surface area (Å²) in [6.45, 7) is 4.50.